The van der Waals surface area contributed by atoms with Crippen LogP contribution in [0.4, 0.5) is 0 Å². The molecule has 0 aliphatic carbocycles. The van der Waals surface area contributed by atoms with E-state index in [9.17, 15) is 0 Å². The molecule has 102 valence electrons. The van der Waals surface area contributed by atoms with Gasteiger partial charge in [-0.2, -0.15) is 0 Å². The Morgan fingerprint density at radius 1 is 1.42 bits per heavy atom. The summed E-state index contributed by atoms with van der Waals surface area (Å²) in [5.74, 6) is 1.11. The largest absolute Gasteiger partial charge is 0.335 e. The molecule has 2 rings (SSSR count). The number of aryl methyl sites for hydroxylation is 2. The number of imidazole rings is 1. The smallest absolute Gasteiger partial charge is 0.110 e. The summed E-state index contributed by atoms with van der Waals surface area (Å²) in [5, 5.41) is 4.17. The van der Waals surface area contributed by atoms with Crippen LogP contribution in [0.15, 0.2) is 30.6 Å². The molecular weight excluding hydrogens is 258 g/mol. The van der Waals surface area contributed by atoms with Crippen molar-refractivity contribution in [1.82, 2.24) is 14.9 Å². The molecule has 1 aromatic heterocycles. The standard InChI is InChI=1S/C15H20ClN3/c1-4-19-8-7-18-15(19)10-14(17-3)12-5-6-13(16)11(2)9-12/h5-9,14,17H,4,10H2,1-3H3. The second-order valence-corrected chi connectivity index (χ2v) is 5.09. The summed E-state index contributed by atoms with van der Waals surface area (Å²) in [6.45, 7) is 5.11. The fourth-order valence-electron chi connectivity index (χ4n) is 2.27. The Balaban J connectivity index is 2.22. The first-order chi connectivity index (χ1) is 9.15. The van der Waals surface area contributed by atoms with Gasteiger partial charge in [-0.1, -0.05) is 23.7 Å². The molecule has 0 aliphatic heterocycles. The minimum absolute atomic E-state index is 0.253. The maximum atomic E-state index is 6.08. The summed E-state index contributed by atoms with van der Waals surface area (Å²) in [6.07, 6.45) is 4.76. The van der Waals surface area contributed by atoms with E-state index in [-0.39, 0.29) is 6.04 Å². The highest BCUT2D eigenvalue weighted by atomic mass is 35.5. The predicted molar refractivity (Wildman–Crippen MR) is 79.6 cm³/mol. The number of hydrogen-bond acceptors (Lipinski definition) is 2. The molecule has 0 spiro atoms. The SMILES string of the molecule is CCn1ccnc1CC(NC)c1ccc(Cl)c(C)c1. The zero-order valence-corrected chi connectivity index (χ0v) is 12.4. The Hall–Kier alpha value is -1.32. The van der Waals surface area contributed by atoms with Gasteiger partial charge in [-0.15, -0.1) is 0 Å². The molecule has 1 aromatic carbocycles. The van der Waals surface area contributed by atoms with E-state index in [1.807, 2.05) is 32.4 Å². The van der Waals surface area contributed by atoms with E-state index in [0.29, 0.717) is 0 Å². The van der Waals surface area contributed by atoms with Crippen LogP contribution in [0.3, 0.4) is 0 Å². The lowest BCUT2D eigenvalue weighted by atomic mass is 10.0. The lowest BCUT2D eigenvalue weighted by Crippen LogP contribution is -2.20. The van der Waals surface area contributed by atoms with E-state index in [2.05, 4.69) is 33.9 Å². The third-order valence-corrected chi connectivity index (χ3v) is 3.89. The van der Waals surface area contributed by atoms with Gasteiger partial charge in [0.05, 0.1) is 0 Å². The number of halogens is 1. The van der Waals surface area contributed by atoms with Crippen LogP contribution in [0.2, 0.25) is 5.02 Å². The van der Waals surface area contributed by atoms with Gasteiger partial charge in [0.1, 0.15) is 5.82 Å². The molecule has 0 saturated carbocycles. The Morgan fingerprint density at radius 2 is 2.21 bits per heavy atom. The number of benzene rings is 1. The normalized spacial score (nSPS) is 12.6. The van der Waals surface area contributed by atoms with E-state index in [0.717, 1.165) is 29.4 Å². The highest BCUT2D eigenvalue weighted by molar-refractivity contribution is 6.31. The number of aromatic nitrogens is 2. The minimum Gasteiger partial charge on any atom is -0.335 e. The average Bonchev–Trinajstić information content (AvgIpc) is 2.86. The van der Waals surface area contributed by atoms with E-state index in [4.69, 9.17) is 11.6 Å². The molecule has 3 nitrogen and oxygen atoms in total. The van der Waals surface area contributed by atoms with Crippen LogP contribution in [0.1, 0.15) is 29.9 Å². The Morgan fingerprint density at radius 3 is 2.84 bits per heavy atom. The van der Waals surface area contributed by atoms with Gasteiger partial charge in [0.15, 0.2) is 0 Å². The number of nitrogens with one attached hydrogen (secondary N) is 1. The van der Waals surface area contributed by atoms with E-state index in [1.165, 1.54) is 5.56 Å². The topological polar surface area (TPSA) is 29.9 Å². The highest BCUT2D eigenvalue weighted by Gasteiger charge is 2.14. The van der Waals surface area contributed by atoms with Crippen molar-refractivity contribution in [2.24, 2.45) is 0 Å². The lowest BCUT2D eigenvalue weighted by Gasteiger charge is -2.18. The molecule has 0 bridgehead atoms. The van der Waals surface area contributed by atoms with Gasteiger partial charge in [-0.05, 0) is 38.1 Å². The third kappa shape index (κ3) is 3.17. The Kier molecular flexibility index (Phi) is 4.61. The van der Waals surface area contributed by atoms with Crippen molar-refractivity contribution in [3.8, 4) is 0 Å². The van der Waals surface area contributed by atoms with Crippen molar-refractivity contribution < 1.29 is 0 Å². The Bertz CT molecular complexity index is 548. The summed E-state index contributed by atoms with van der Waals surface area (Å²) in [7, 11) is 1.98. The van der Waals surface area contributed by atoms with Gasteiger partial charge in [0.25, 0.3) is 0 Å². The molecular formula is C15H20ClN3. The van der Waals surface area contributed by atoms with Crippen molar-refractivity contribution in [2.45, 2.75) is 32.9 Å². The molecule has 19 heavy (non-hydrogen) atoms. The van der Waals surface area contributed by atoms with Gasteiger partial charge in [0, 0.05) is 36.4 Å². The molecule has 0 fully saturated rings. The number of rotatable bonds is 5. The van der Waals surface area contributed by atoms with Crippen molar-refractivity contribution in [3.63, 3.8) is 0 Å². The molecule has 1 unspecified atom stereocenters. The van der Waals surface area contributed by atoms with Gasteiger partial charge in [-0.3, -0.25) is 0 Å². The second kappa shape index (κ2) is 6.22. The van der Waals surface area contributed by atoms with Crippen molar-refractivity contribution >= 4 is 11.6 Å². The summed E-state index contributed by atoms with van der Waals surface area (Å²) in [4.78, 5) is 4.44. The first-order valence-electron chi connectivity index (χ1n) is 6.59. The molecule has 0 saturated heterocycles. The van der Waals surface area contributed by atoms with Crippen LogP contribution < -0.4 is 5.32 Å². The number of nitrogens with zero attached hydrogens (tertiary/aromatic N) is 2. The molecule has 0 radical (unpaired) electrons. The Labute approximate surface area is 119 Å². The molecule has 1 N–H and O–H groups in total. The van der Waals surface area contributed by atoms with Crippen molar-refractivity contribution in [3.05, 3.63) is 52.6 Å². The highest BCUT2D eigenvalue weighted by Crippen LogP contribution is 2.23. The van der Waals surface area contributed by atoms with Crippen LogP contribution in [-0.4, -0.2) is 16.6 Å². The van der Waals surface area contributed by atoms with Crippen LogP contribution in [0.5, 0.6) is 0 Å². The first-order valence-corrected chi connectivity index (χ1v) is 6.96. The summed E-state index contributed by atoms with van der Waals surface area (Å²) in [6, 6.07) is 6.44. The maximum absolute atomic E-state index is 6.08. The van der Waals surface area contributed by atoms with Gasteiger partial charge in [0.2, 0.25) is 0 Å². The fourth-order valence-corrected chi connectivity index (χ4v) is 2.39. The van der Waals surface area contributed by atoms with E-state index >= 15 is 0 Å². The van der Waals surface area contributed by atoms with Crippen LogP contribution in [-0.2, 0) is 13.0 Å². The average molecular weight is 278 g/mol. The van der Waals surface area contributed by atoms with Crippen molar-refractivity contribution in [2.75, 3.05) is 7.05 Å². The second-order valence-electron chi connectivity index (χ2n) is 4.68. The summed E-state index contributed by atoms with van der Waals surface area (Å²) in [5.41, 5.74) is 2.35. The minimum atomic E-state index is 0.253. The van der Waals surface area contributed by atoms with Gasteiger partial charge < -0.3 is 9.88 Å². The van der Waals surface area contributed by atoms with E-state index < -0.39 is 0 Å². The number of hydrogen-bond donors (Lipinski definition) is 1. The van der Waals surface area contributed by atoms with Gasteiger partial charge >= 0.3 is 0 Å². The first kappa shape index (κ1) is 14.1. The molecule has 1 heterocycles. The molecule has 4 heteroatoms. The molecule has 0 aliphatic rings. The zero-order valence-electron chi connectivity index (χ0n) is 11.7. The number of likely N-dealkylation sites (N-methyl/N-ethyl adjacent to an activating group) is 1. The summed E-state index contributed by atoms with van der Waals surface area (Å²) >= 11 is 6.08. The summed E-state index contributed by atoms with van der Waals surface area (Å²) < 4.78 is 2.17. The quantitative estimate of drug-likeness (QED) is 0.908. The van der Waals surface area contributed by atoms with E-state index in [1.54, 1.807) is 0 Å². The van der Waals surface area contributed by atoms with Crippen LogP contribution >= 0.6 is 11.6 Å². The van der Waals surface area contributed by atoms with Crippen molar-refractivity contribution in [1.29, 1.82) is 0 Å². The molecule has 0 amide bonds. The molecule has 1 atom stereocenters. The predicted octanol–water partition coefficient (Wildman–Crippen LogP) is 3.37. The van der Waals surface area contributed by atoms with Crippen LogP contribution in [0, 0.1) is 6.92 Å². The van der Waals surface area contributed by atoms with Crippen LogP contribution in [0.25, 0.3) is 0 Å². The maximum Gasteiger partial charge on any atom is 0.110 e. The third-order valence-electron chi connectivity index (χ3n) is 3.46. The zero-order chi connectivity index (χ0) is 13.8. The molecule has 2 aromatic rings. The fraction of sp³-hybridized carbons (Fsp3) is 0.400. The monoisotopic (exact) mass is 277 g/mol. The van der Waals surface area contributed by atoms with Gasteiger partial charge in [-0.25, -0.2) is 4.98 Å². The lowest BCUT2D eigenvalue weighted by molar-refractivity contribution is 0.553.